The molecule has 0 aliphatic carbocycles. The molecular formula is C23H29N3O2S. The largest absolute Gasteiger partial charge is 0.346 e. The van der Waals surface area contributed by atoms with E-state index in [0.29, 0.717) is 17.7 Å². The molecule has 0 radical (unpaired) electrons. The number of hydrogen-bond acceptors (Lipinski definition) is 3. The van der Waals surface area contributed by atoms with Crippen LogP contribution in [0.15, 0.2) is 54.6 Å². The van der Waals surface area contributed by atoms with Crippen LogP contribution in [0.25, 0.3) is 0 Å². The highest BCUT2D eigenvalue weighted by Crippen LogP contribution is 2.14. The quantitative estimate of drug-likeness (QED) is 0.403. The molecular weight excluding hydrogens is 382 g/mol. The summed E-state index contributed by atoms with van der Waals surface area (Å²) in [5, 5.41) is 8.91. The minimum atomic E-state index is -0.143. The monoisotopic (exact) mass is 411 g/mol. The van der Waals surface area contributed by atoms with E-state index in [2.05, 4.69) is 22.9 Å². The van der Waals surface area contributed by atoms with Crippen molar-refractivity contribution in [1.29, 1.82) is 0 Å². The number of carbonyl (C=O) groups is 2. The van der Waals surface area contributed by atoms with Gasteiger partial charge in [-0.25, -0.2) is 0 Å². The Bertz CT molecular complexity index is 807. The zero-order valence-corrected chi connectivity index (χ0v) is 17.9. The first kappa shape index (κ1) is 22.6. The summed E-state index contributed by atoms with van der Waals surface area (Å²) < 4.78 is 0. The SMILES string of the molecule is CCCCCCC(=O)NC(=S)Nc1ccc(C(=O)NC(C)c2ccccc2)cc1. The fraction of sp³-hybridized carbons (Fsp3) is 0.348. The third-order valence-electron chi connectivity index (χ3n) is 4.56. The fourth-order valence-electron chi connectivity index (χ4n) is 2.87. The molecule has 5 nitrogen and oxygen atoms in total. The number of nitrogens with one attached hydrogen (secondary N) is 3. The smallest absolute Gasteiger partial charge is 0.251 e. The summed E-state index contributed by atoms with van der Waals surface area (Å²) in [6.07, 6.45) is 4.67. The Morgan fingerprint density at radius 1 is 0.966 bits per heavy atom. The third-order valence-corrected chi connectivity index (χ3v) is 4.77. The molecule has 0 bridgehead atoms. The molecule has 0 saturated heterocycles. The molecule has 0 heterocycles. The van der Waals surface area contributed by atoms with E-state index < -0.39 is 0 Å². The first-order valence-corrected chi connectivity index (χ1v) is 10.5. The van der Waals surface area contributed by atoms with E-state index in [1.165, 1.54) is 0 Å². The molecule has 154 valence electrons. The van der Waals surface area contributed by atoms with Crippen LogP contribution >= 0.6 is 12.2 Å². The number of amides is 2. The van der Waals surface area contributed by atoms with E-state index in [4.69, 9.17) is 12.2 Å². The maximum absolute atomic E-state index is 12.4. The summed E-state index contributed by atoms with van der Waals surface area (Å²) in [7, 11) is 0. The number of rotatable bonds is 9. The van der Waals surface area contributed by atoms with Crippen molar-refractivity contribution >= 4 is 34.8 Å². The maximum Gasteiger partial charge on any atom is 0.251 e. The van der Waals surface area contributed by atoms with Crippen molar-refractivity contribution in [1.82, 2.24) is 10.6 Å². The van der Waals surface area contributed by atoms with E-state index in [9.17, 15) is 9.59 Å². The molecule has 0 saturated carbocycles. The Hall–Kier alpha value is -2.73. The number of benzene rings is 2. The molecule has 29 heavy (non-hydrogen) atoms. The zero-order chi connectivity index (χ0) is 21.1. The molecule has 2 aromatic rings. The molecule has 0 spiro atoms. The molecule has 0 aliphatic rings. The van der Waals surface area contributed by atoms with Crippen LogP contribution in [0, 0.1) is 0 Å². The molecule has 0 aliphatic heterocycles. The highest BCUT2D eigenvalue weighted by atomic mass is 32.1. The van der Waals surface area contributed by atoms with Crippen molar-refractivity contribution in [2.75, 3.05) is 5.32 Å². The number of hydrogen-bond donors (Lipinski definition) is 3. The van der Waals surface area contributed by atoms with Gasteiger partial charge in [-0.15, -0.1) is 0 Å². The van der Waals surface area contributed by atoms with Crippen LogP contribution in [0.1, 0.15) is 67.9 Å². The first-order valence-electron chi connectivity index (χ1n) is 10.1. The van der Waals surface area contributed by atoms with Crippen molar-refractivity contribution in [3.63, 3.8) is 0 Å². The lowest BCUT2D eigenvalue weighted by Crippen LogP contribution is -2.33. The third kappa shape index (κ3) is 8.03. The molecule has 2 amide bonds. The van der Waals surface area contributed by atoms with Gasteiger partial charge in [0, 0.05) is 17.7 Å². The van der Waals surface area contributed by atoms with Gasteiger partial charge < -0.3 is 16.0 Å². The lowest BCUT2D eigenvalue weighted by Gasteiger charge is -2.15. The summed E-state index contributed by atoms with van der Waals surface area (Å²) in [5.41, 5.74) is 2.33. The van der Waals surface area contributed by atoms with Crippen LogP contribution in [0.5, 0.6) is 0 Å². The van der Waals surface area contributed by atoms with E-state index in [0.717, 1.165) is 31.2 Å². The molecule has 0 fully saturated rings. The molecule has 1 unspecified atom stereocenters. The molecule has 2 aromatic carbocycles. The molecule has 6 heteroatoms. The second-order valence-corrected chi connectivity index (χ2v) is 7.40. The van der Waals surface area contributed by atoms with Gasteiger partial charge in [0.2, 0.25) is 5.91 Å². The Morgan fingerprint density at radius 2 is 1.66 bits per heavy atom. The highest BCUT2D eigenvalue weighted by molar-refractivity contribution is 7.80. The summed E-state index contributed by atoms with van der Waals surface area (Å²) in [6.45, 7) is 4.09. The summed E-state index contributed by atoms with van der Waals surface area (Å²) in [6, 6.07) is 16.7. The van der Waals surface area contributed by atoms with E-state index in [1.807, 2.05) is 37.3 Å². The van der Waals surface area contributed by atoms with Gasteiger partial charge in [-0.3, -0.25) is 9.59 Å². The fourth-order valence-corrected chi connectivity index (χ4v) is 3.11. The molecule has 1 atom stereocenters. The van der Waals surface area contributed by atoms with E-state index >= 15 is 0 Å². The van der Waals surface area contributed by atoms with Gasteiger partial charge in [0.15, 0.2) is 5.11 Å². The van der Waals surface area contributed by atoms with Crippen LogP contribution < -0.4 is 16.0 Å². The number of carbonyl (C=O) groups excluding carboxylic acids is 2. The van der Waals surface area contributed by atoms with Crippen molar-refractivity contribution in [3.8, 4) is 0 Å². The van der Waals surface area contributed by atoms with E-state index in [-0.39, 0.29) is 23.0 Å². The summed E-state index contributed by atoms with van der Waals surface area (Å²) in [4.78, 5) is 24.3. The normalized spacial score (nSPS) is 11.4. The molecule has 0 aromatic heterocycles. The van der Waals surface area contributed by atoms with E-state index in [1.54, 1.807) is 24.3 Å². The summed E-state index contributed by atoms with van der Waals surface area (Å²) >= 11 is 5.19. The lowest BCUT2D eigenvalue weighted by atomic mass is 10.1. The van der Waals surface area contributed by atoms with Crippen LogP contribution in [0.3, 0.4) is 0 Å². The predicted octanol–water partition coefficient (Wildman–Crippen LogP) is 4.96. The van der Waals surface area contributed by atoms with Gasteiger partial charge in [-0.1, -0.05) is 56.5 Å². The number of unbranched alkanes of at least 4 members (excludes halogenated alkanes) is 3. The Kier molecular flexibility index (Phi) is 9.31. The van der Waals surface area contributed by atoms with Gasteiger partial charge in [-0.2, -0.15) is 0 Å². The van der Waals surface area contributed by atoms with Crippen LogP contribution in [-0.2, 0) is 4.79 Å². The summed E-state index contributed by atoms with van der Waals surface area (Å²) in [5.74, 6) is -0.222. The van der Waals surface area contributed by atoms with Crippen molar-refractivity contribution in [2.45, 2.75) is 52.0 Å². The van der Waals surface area contributed by atoms with Gasteiger partial charge in [0.1, 0.15) is 0 Å². The number of anilines is 1. The van der Waals surface area contributed by atoms with Gasteiger partial charge in [0.05, 0.1) is 6.04 Å². The Labute approximate surface area is 178 Å². The minimum Gasteiger partial charge on any atom is -0.346 e. The zero-order valence-electron chi connectivity index (χ0n) is 17.0. The van der Waals surface area contributed by atoms with Crippen LogP contribution in [0.2, 0.25) is 0 Å². The average Bonchev–Trinajstić information content (AvgIpc) is 2.72. The van der Waals surface area contributed by atoms with Gasteiger partial charge in [-0.05, 0) is 55.4 Å². The Balaban J connectivity index is 1.81. The van der Waals surface area contributed by atoms with Crippen molar-refractivity contribution in [2.24, 2.45) is 0 Å². The standard InChI is InChI=1S/C23H29N3O2S/c1-3-4-5-9-12-21(27)26-23(29)25-20-15-13-19(14-16-20)22(28)24-17(2)18-10-7-6-8-11-18/h6-8,10-11,13-17H,3-5,9,12H2,1-2H3,(H,24,28)(H2,25,26,27,29). The first-order chi connectivity index (χ1) is 14.0. The van der Waals surface area contributed by atoms with Gasteiger partial charge in [0.25, 0.3) is 5.91 Å². The second-order valence-electron chi connectivity index (χ2n) is 7.00. The van der Waals surface area contributed by atoms with Crippen molar-refractivity contribution in [3.05, 3.63) is 65.7 Å². The molecule has 3 N–H and O–H groups in total. The number of thiocarbonyl (C=S) groups is 1. The highest BCUT2D eigenvalue weighted by Gasteiger charge is 2.11. The molecule has 2 rings (SSSR count). The topological polar surface area (TPSA) is 70.2 Å². The Morgan fingerprint density at radius 3 is 2.31 bits per heavy atom. The second kappa shape index (κ2) is 12.0. The predicted molar refractivity (Wildman–Crippen MR) is 122 cm³/mol. The van der Waals surface area contributed by atoms with Crippen LogP contribution in [-0.4, -0.2) is 16.9 Å². The average molecular weight is 412 g/mol. The minimum absolute atomic E-state index is 0.0792. The maximum atomic E-state index is 12.4. The van der Waals surface area contributed by atoms with Gasteiger partial charge >= 0.3 is 0 Å². The van der Waals surface area contributed by atoms with Crippen LogP contribution in [0.4, 0.5) is 5.69 Å². The lowest BCUT2D eigenvalue weighted by molar-refractivity contribution is -0.119. The van der Waals surface area contributed by atoms with Crippen molar-refractivity contribution < 1.29 is 9.59 Å².